The highest BCUT2D eigenvalue weighted by Crippen LogP contribution is 2.25. The molecule has 1 saturated heterocycles. The lowest BCUT2D eigenvalue weighted by molar-refractivity contribution is -0.115. The number of piperidine rings is 1. The molecule has 1 aliphatic rings. The van der Waals surface area contributed by atoms with Gasteiger partial charge in [0.2, 0.25) is 0 Å². The van der Waals surface area contributed by atoms with Gasteiger partial charge in [0.1, 0.15) is 6.29 Å². The molecule has 0 bridgehead atoms. The molecule has 1 aromatic heterocycles. The first-order valence-corrected chi connectivity index (χ1v) is 6.48. The van der Waals surface area contributed by atoms with E-state index in [1.54, 1.807) is 12.5 Å². The monoisotopic (exact) mass is 235 g/mol. The summed E-state index contributed by atoms with van der Waals surface area (Å²) >= 11 is 0. The fourth-order valence-corrected chi connectivity index (χ4v) is 2.69. The lowest BCUT2D eigenvalue weighted by Crippen LogP contribution is -2.44. The Morgan fingerprint density at radius 2 is 2.41 bits per heavy atom. The second-order valence-corrected chi connectivity index (χ2v) is 4.91. The van der Waals surface area contributed by atoms with Crippen LogP contribution in [0.2, 0.25) is 0 Å². The molecule has 4 heteroatoms. The van der Waals surface area contributed by atoms with E-state index < -0.39 is 0 Å². The fourth-order valence-electron chi connectivity index (χ4n) is 2.69. The van der Waals surface area contributed by atoms with E-state index in [4.69, 9.17) is 0 Å². The van der Waals surface area contributed by atoms with Crippen LogP contribution in [-0.2, 0) is 11.5 Å². The lowest BCUT2D eigenvalue weighted by Gasteiger charge is -2.36. The van der Waals surface area contributed by atoms with Gasteiger partial charge in [0.05, 0.1) is 19.0 Å². The van der Waals surface area contributed by atoms with Crippen LogP contribution in [0.25, 0.3) is 0 Å². The molecule has 2 heterocycles. The Kier molecular flexibility index (Phi) is 4.31. The summed E-state index contributed by atoms with van der Waals surface area (Å²) in [5, 5.41) is 0. The van der Waals surface area contributed by atoms with Crippen LogP contribution in [0.4, 0.5) is 0 Å². The maximum absolute atomic E-state index is 11.2. The predicted molar refractivity (Wildman–Crippen MR) is 66.4 cm³/mol. The maximum Gasteiger partial charge on any atom is 0.137 e. The van der Waals surface area contributed by atoms with Crippen molar-refractivity contribution in [3.05, 3.63) is 18.7 Å². The van der Waals surface area contributed by atoms with Gasteiger partial charge in [-0.25, -0.2) is 4.98 Å². The number of carbonyl (C=O) groups is 1. The topological polar surface area (TPSA) is 38.1 Å². The second kappa shape index (κ2) is 5.96. The highest BCUT2D eigenvalue weighted by molar-refractivity contribution is 5.57. The number of aldehydes is 1. The number of hydrogen-bond donors (Lipinski definition) is 0. The molecule has 1 aliphatic heterocycles. The van der Waals surface area contributed by atoms with Gasteiger partial charge in [-0.3, -0.25) is 4.90 Å². The van der Waals surface area contributed by atoms with E-state index in [0.29, 0.717) is 0 Å². The van der Waals surface area contributed by atoms with Crippen molar-refractivity contribution in [1.82, 2.24) is 14.5 Å². The summed E-state index contributed by atoms with van der Waals surface area (Å²) in [5.74, 6) is 0.731. The Morgan fingerprint density at radius 3 is 3.06 bits per heavy atom. The Balaban J connectivity index is 1.92. The number of likely N-dealkylation sites (tertiary alicyclic amines) is 1. The highest BCUT2D eigenvalue weighted by atomic mass is 16.1. The summed E-state index contributed by atoms with van der Waals surface area (Å²) in [6, 6.07) is 0.0858. The largest absolute Gasteiger partial charge is 0.324 e. The van der Waals surface area contributed by atoms with Crippen LogP contribution in [-0.4, -0.2) is 33.3 Å². The van der Waals surface area contributed by atoms with Crippen molar-refractivity contribution in [2.24, 2.45) is 5.92 Å². The van der Waals surface area contributed by atoms with Crippen LogP contribution in [0.15, 0.2) is 18.7 Å². The average Bonchev–Trinajstić information content (AvgIpc) is 2.84. The summed E-state index contributed by atoms with van der Waals surface area (Å²) in [5.41, 5.74) is 0. The van der Waals surface area contributed by atoms with E-state index in [1.807, 2.05) is 10.8 Å². The zero-order valence-corrected chi connectivity index (χ0v) is 10.5. The third-order valence-corrected chi connectivity index (χ3v) is 3.63. The molecule has 1 fully saturated rings. The van der Waals surface area contributed by atoms with Crippen molar-refractivity contribution in [3.8, 4) is 0 Å². The van der Waals surface area contributed by atoms with Gasteiger partial charge in [0.15, 0.2) is 0 Å². The third-order valence-electron chi connectivity index (χ3n) is 3.63. The molecule has 0 N–H and O–H groups in total. The molecule has 2 unspecified atom stereocenters. The lowest BCUT2D eigenvalue weighted by atomic mass is 9.88. The second-order valence-electron chi connectivity index (χ2n) is 4.91. The molecule has 4 nitrogen and oxygen atoms in total. The van der Waals surface area contributed by atoms with Gasteiger partial charge >= 0.3 is 0 Å². The molecule has 2 rings (SSSR count). The third kappa shape index (κ3) is 3.16. The van der Waals surface area contributed by atoms with Gasteiger partial charge in [0, 0.05) is 18.9 Å². The summed E-state index contributed by atoms with van der Waals surface area (Å²) in [6.07, 6.45) is 11.3. The van der Waals surface area contributed by atoms with Gasteiger partial charge in [-0.2, -0.15) is 0 Å². The van der Waals surface area contributed by atoms with E-state index in [-0.39, 0.29) is 6.04 Å². The predicted octanol–water partition coefficient (Wildman–Crippen LogP) is 1.92. The number of imidazole rings is 1. The van der Waals surface area contributed by atoms with E-state index in [1.165, 1.54) is 19.3 Å². The molecule has 2 atom stereocenters. The standard InChI is InChI=1S/C13H21N3O/c1-2-3-12-4-6-16(13(8-12)9-17)11-15-7-5-14-10-15/h5,7,9-10,12-13H,2-4,6,8,11H2,1H3. The Labute approximate surface area is 103 Å². The van der Waals surface area contributed by atoms with Crippen LogP contribution in [0.5, 0.6) is 0 Å². The van der Waals surface area contributed by atoms with Crippen molar-refractivity contribution >= 4 is 6.29 Å². The van der Waals surface area contributed by atoms with Gasteiger partial charge in [0.25, 0.3) is 0 Å². The molecule has 0 aromatic carbocycles. The van der Waals surface area contributed by atoms with Gasteiger partial charge in [-0.15, -0.1) is 0 Å². The minimum atomic E-state index is 0.0858. The summed E-state index contributed by atoms with van der Waals surface area (Å²) in [4.78, 5) is 17.5. The van der Waals surface area contributed by atoms with Crippen LogP contribution < -0.4 is 0 Å². The van der Waals surface area contributed by atoms with Crippen molar-refractivity contribution in [2.75, 3.05) is 6.54 Å². The van der Waals surface area contributed by atoms with Gasteiger partial charge < -0.3 is 9.36 Å². The van der Waals surface area contributed by atoms with Gasteiger partial charge in [-0.05, 0) is 18.8 Å². The average molecular weight is 235 g/mol. The minimum Gasteiger partial charge on any atom is -0.324 e. The first-order valence-electron chi connectivity index (χ1n) is 6.48. The number of carbonyl (C=O) groups excluding carboxylic acids is 1. The molecule has 17 heavy (non-hydrogen) atoms. The quantitative estimate of drug-likeness (QED) is 0.732. The molecule has 1 aromatic rings. The van der Waals surface area contributed by atoms with Crippen molar-refractivity contribution in [1.29, 1.82) is 0 Å². The molecule has 0 saturated carbocycles. The molecule has 0 amide bonds. The smallest absolute Gasteiger partial charge is 0.137 e. The number of aromatic nitrogens is 2. The summed E-state index contributed by atoms with van der Waals surface area (Å²) < 4.78 is 2.02. The zero-order chi connectivity index (χ0) is 12.1. The van der Waals surface area contributed by atoms with Crippen LogP contribution in [0, 0.1) is 5.92 Å². The number of nitrogens with zero attached hydrogens (tertiary/aromatic N) is 3. The van der Waals surface area contributed by atoms with Gasteiger partial charge in [-0.1, -0.05) is 19.8 Å². The maximum atomic E-state index is 11.2. The molecule has 0 spiro atoms. The summed E-state index contributed by atoms with van der Waals surface area (Å²) in [6.45, 7) is 4.02. The minimum absolute atomic E-state index is 0.0858. The van der Waals surface area contributed by atoms with E-state index in [2.05, 4.69) is 16.8 Å². The summed E-state index contributed by atoms with van der Waals surface area (Å²) in [7, 11) is 0. The Morgan fingerprint density at radius 1 is 1.53 bits per heavy atom. The van der Waals surface area contributed by atoms with Crippen molar-refractivity contribution in [3.63, 3.8) is 0 Å². The van der Waals surface area contributed by atoms with E-state index >= 15 is 0 Å². The SMILES string of the molecule is CCCC1CCN(Cn2ccnc2)C(C=O)C1. The van der Waals surface area contributed by atoms with Crippen LogP contribution in [0.3, 0.4) is 0 Å². The molecule has 94 valence electrons. The highest BCUT2D eigenvalue weighted by Gasteiger charge is 2.27. The number of hydrogen-bond acceptors (Lipinski definition) is 3. The van der Waals surface area contributed by atoms with Crippen LogP contribution in [0.1, 0.15) is 32.6 Å². The molecular formula is C13H21N3O. The van der Waals surface area contributed by atoms with E-state index in [9.17, 15) is 4.79 Å². The van der Waals surface area contributed by atoms with Crippen molar-refractivity contribution < 1.29 is 4.79 Å². The molecule has 0 aliphatic carbocycles. The van der Waals surface area contributed by atoms with Crippen LogP contribution >= 0.6 is 0 Å². The normalized spacial score (nSPS) is 25.9. The number of rotatable bonds is 5. The zero-order valence-electron chi connectivity index (χ0n) is 10.5. The first-order chi connectivity index (χ1) is 8.33. The van der Waals surface area contributed by atoms with Crippen molar-refractivity contribution in [2.45, 2.75) is 45.3 Å². The molecular weight excluding hydrogens is 214 g/mol. The Hall–Kier alpha value is -1.16. The molecule has 0 radical (unpaired) electrons. The fraction of sp³-hybridized carbons (Fsp3) is 0.692. The van der Waals surface area contributed by atoms with E-state index in [0.717, 1.165) is 31.8 Å². The Bertz CT molecular complexity index is 336. The first kappa shape index (κ1) is 12.3.